The van der Waals surface area contributed by atoms with E-state index in [1.807, 2.05) is 0 Å². The predicted octanol–water partition coefficient (Wildman–Crippen LogP) is 1.25. The van der Waals surface area contributed by atoms with E-state index in [1.54, 1.807) is 0 Å². The average molecular weight is 308 g/mol. The lowest BCUT2D eigenvalue weighted by Crippen LogP contribution is -2.16. The van der Waals surface area contributed by atoms with Crippen LogP contribution >= 0.6 is 0 Å². The Bertz CT molecular complexity index is 187. The molecule has 0 aliphatic carbocycles. The number of hydrogen-bond donors (Lipinski definition) is 1. The van der Waals surface area contributed by atoms with Gasteiger partial charge in [-0.2, -0.15) is 0 Å². The van der Waals surface area contributed by atoms with E-state index in [0.717, 1.165) is 12.8 Å². The van der Waals surface area contributed by atoms with Gasteiger partial charge in [-0.1, -0.05) is 13.8 Å². The van der Waals surface area contributed by atoms with E-state index in [4.69, 9.17) is 28.8 Å². The van der Waals surface area contributed by atoms with Gasteiger partial charge in [0.15, 0.2) is 0 Å². The standard InChI is InChI=1S/C15H32O6/c1-3-15(4-2)21-14-13-20-12-11-19-10-9-18-8-7-17-6-5-16/h15-16H,3-14H2,1-2H3. The van der Waals surface area contributed by atoms with Gasteiger partial charge in [-0.15, -0.1) is 0 Å². The molecular formula is C15H32O6. The minimum atomic E-state index is 0.0473. The Morgan fingerprint density at radius 2 is 1.00 bits per heavy atom. The molecule has 0 spiro atoms. The molecule has 0 rings (SSSR count). The zero-order valence-electron chi connectivity index (χ0n) is 13.6. The van der Waals surface area contributed by atoms with Crippen LogP contribution in [0.25, 0.3) is 0 Å². The van der Waals surface area contributed by atoms with Gasteiger partial charge in [0.1, 0.15) is 0 Å². The molecule has 6 nitrogen and oxygen atoms in total. The molecule has 0 amide bonds. The van der Waals surface area contributed by atoms with Gasteiger partial charge < -0.3 is 28.8 Å². The second kappa shape index (κ2) is 17.8. The topological polar surface area (TPSA) is 66.4 Å². The molecule has 0 aromatic carbocycles. The lowest BCUT2D eigenvalue weighted by molar-refractivity contribution is -0.0248. The summed E-state index contributed by atoms with van der Waals surface area (Å²) in [6.07, 6.45) is 2.44. The Balaban J connectivity index is 3.02. The highest BCUT2D eigenvalue weighted by atomic mass is 16.6. The maximum atomic E-state index is 8.49. The molecule has 0 fully saturated rings. The van der Waals surface area contributed by atoms with E-state index in [1.165, 1.54) is 0 Å². The highest BCUT2D eigenvalue weighted by Gasteiger charge is 2.01. The van der Waals surface area contributed by atoms with Crippen LogP contribution < -0.4 is 0 Å². The number of hydrogen-bond acceptors (Lipinski definition) is 6. The van der Waals surface area contributed by atoms with Crippen LogP contribution in [0.5, 0.6) is 0 Å². The molecule has 0 radical (unpaired) electrons. The van der Waals surface area contributed by atoms with Gasteiger partial charge in [-0.3, -0.25) is 0 Å². The van der Waals surface area contributed by atoms with Crippen LogP contribution in [0, 0.1) is 0 Å². The van der Waals surface area contributed by atoms with Gasteiger partial charge in [0.25, 0.3) is 0 Å². The van der Waals surface area contributed by atoms with Gasteiger partial charge in [0, 0.05) is 0 Å². The van der Waals surface area contributed by atoms with E-state index in [2.05, 4.69) is 13.8 Å². The molecular weight excluding hydrogens is 276 g/mol. The van der Waals surface area contributed by atoms with Gasteiger partial charge in [-0.05, 0) is 12.8 Å². The molecule has 0 unspecified atom stereocenters. The molecule has 0 aliphatic heterocycles. The molecule has 0 aliphatic rings. The first-order valence-electron chi connectivity index (χ1n) is 7.88. The van der Waals surface area contributed by atoms with Crippen LogP contribution in [0.15, 0.2) is 0 Å². The van der Waals surface area contributed by atoms with Crippen LogP contribution in [0.1, 0.15) is 26.7 Å². The monoisotopic (exact) mass is 308 g/mol. The zero-order valence-corrected chi connectivity index (χ0v) is 13.6. The number of aliphatic hydroxyl groups excluding tert-OH is 1. The van der Waals surface area contributed by atoms with Crippen molar-refractivity contribution >= 4 is 0 Å². The third-order valence-electron chi connectivity index (χ3n) is 2.84. The van der Waals surface area contributed by atoms with Crippen molar-refractivity contribution in [3.63, 3.8) is 0 Å². The molecule has 0 heterocycles. The summed E-state index contributed by atoms with van der Waals surface area (Å²) < 4.78 is 26.7. The highest BCUT2D eigenvalue weighted by molar-refractivity contribution is 4.50. The lowest BCUT2D eigenvalue weighted by Gasteiger charge is -2.13. The summed E-state index contributed by atoms with van der Waals surface area (Å²) >= 11 is 0. The van der Waals surface area contributed by atoms with Crippen molar-refractivity contribution in [2.24, 2.45) is 0 Å². The summed E-state index contributed by atoms with van der Waals surface area (Å²) in [6, 6.07) is 0. The second-order valence-electron chi connectivity index (χ2n) is 4.48. The Hall–Kier alpha value is -0.240. The number of aliphatic hydroxyl groups is 1. The Morgan fingerprint density at radius 1 is 0.619 bits per heavy atom. The van der Waals surface area contributed by atoms with Crippen molar-refractivity contribution in [2.75, 3.05) is 66.1 Å². The van der Waals surface area contributed by atoms with Gasteiger partial charge in [0.05, 0.1) is 72.2 Å². The normalized spacial score (nSPS) is 11.4. The first kappa shape index (κ1) is 20.8. The van der Waals surface area contributed by atoms with Crippen molar-refractivity contribution < 1.29 is 28.8 Å². The molecule has 0 saturated heterocycles. The van der Waals surface area contributed by atoms with Crippen molar-refractivity contribution in [2.45, 2.75) is 32.8 Å². The van der Waals surface area contributed by atoms with Crippen LogP contribution in [0.4, 0.5) is 0 Å². The fourth-order valence-corrected chi connectivity index (χ4v) is 1.62. The molecule has 0 bridgehead atoms. The van der Waals surface area contributed by atoms with Crippen molar-refractivity contribution in [3.05, 3.63) is 0 Å². The fourth-order valence-electron chi connectivity index (χ4n) is 1.62. The van der Waals surface area contributed by atoms with Crippen molar-refractivity contribution in [3.8, 4) is 0 Å². The summed E-state index contributed by atoms with van der Waals surface area (Å²) in [4.78, 5) is 0. The quantitative estimate of drug-likeness (QED) is 0.408. The van der Waals surface area contributed by atoms with Crippen LogP contribution in [0.2, 0.25) is 0 Å². The van der Waals surface area contributed by atoms with Gasteiger partial charge in [0.2, 0.25) is 0 Å². The van der Waals surface area contributed by atoms with Crippen molar-refractivity contribution in [1.82, 2.24) is 0 Å². The zero-order chi connectivity index (χ0) is 15.6. The maximum absolute atomic E-state index is 8.49. The lowest BCUT2D eigenvalue weighted by atomic mass is 10.2. The summed E-state index contributed by atoms with van der Waals surface area (Å²) in [5.74, 6) is 0. The number of ether oxygens (including phenoxy) is 5. The molecule has 0 saturated carbocycles. The maximum Gasteiger partial charge on any atom is 0.0704 e. The molecule has 1 N–H and O–H groups in total. The Labute approximate surface area is 128 Å². The third-order valence-corrected chi connectivity index (χ3v) is 2.84. The van der Waals surface area contributed by atoms with E-state index in [-0.39, 0.29) is 6.61 Å². The van der Waals surface area contributed by atoms with Crippen LogP contribution in [0.3, 0.4) is 0 Å². The van der Waals surface area contributed by atoms with Crippen molar-refractivity contribution in [1.29, 1.82) is 0 Å². The SMILES string of the molecule is CCC(CC)OCCOCCOCCOCCOCCO. The molecule has 128 valence electrons. The predicted molar refractivity (Wildman–Crippen MR) is 80.7 cm³/mol. The van der Waals surface area contributed by atoms with E-state index < -0.39 is 0 Å². The summed E-state index contributed by atoms with van der Waals surface area (Å²) in [5, 5.41) is 8.49. The summed E-state index contributed by atoms with van der Waals surface area (Å²) in [5.41, 5.74) is 0. The first-order chi connectivity index (χ1) is 10.3. The summed E-state index contributed by atoms with van der Waals surface area (Å²) in [6.45, 7) is 9.17. The van der Waals surface area contributed by atoms with Crippen LogP contribution in [-0.4, -0.2) is 77.3 Å². The number of rotatable bonds is 17. The molecule has 0 atom stereocenters. The van der Waals surface area contributed by atoms with E-state index in [9.17, 15) is 0 Å². The molecule has 6 heteroatoms. The summed E-state index contributed by atoms with van der Waals surface area (Å²) in [7, 11) is 0. The van der Waals surface area contributed by atoms with Gasteiger partial charge in [-0.25, -0.2) is 0 Å². The fraction of sp³-hybridized carbons (Fsp3) is 1.00. The molecule has 21 heavy (non-hydrogen) atoms. The largest absolute Gasteiger partial charge is 0.394 e. The third kappa shape index (κ3) is 16.0. The first-order valence-corrected chi connectivity index (χ1v) is 7.88. The van der Waals surface area contributed by atoms with E-state index >= 15 is 0 Å². The Kier molecular flexibility index (Phi) is 17.6. The minimum absolute atomic E-state index is 0.0473. The Morgan fingerprint density at radius 3 is 1.38 bits per heavy atom. The minimum Gasteiger partial charge on any atom is -0.394 e. The van der Waals surface area contributed by atoms with Crippen LogP contribution in [-0.2, 0) is 23.7 Å². The second-order valence-corrected chi connectivity index (χ2v) is 4.48. The average Bonchev–Trinajstić information content (AvgIpc) is 2.51. The highest BCUT2D eigenvalue weighted by Crippen LogP contribution is 2.01. The molecule has 0 aromatic rings. The smallest absolute Gasteiger partial charge is 0.0704 e. The van der Waals surface area contributed by atoms with Gasteiger partial charge >= 0.3 is 0 Å². The molecule has 0 aromatic heterocycles. The van der Waals surface area contributed by atoms with E-state index in [0.29, 0.717) is 65.6 Å².